The molecule has 0 spiro atoms. The second kappa shape index (κ2) is 6.70. The van der Waals surface area contributed by atoms with Crippen LogP contribution in [0.1, 0.15) is 18.1 Å². The van der Waals surface area contributed by atoms with Crippen molar-refractivity contribution in [2.45, 2.75) is 24.3 Å². The van der Waals surface area contributed by atoms with Crippen molar-refractivity contribution < 1.29 is 18.3 Å². The van der Waals surface area contributed by atoms with Crippen molar-refractivity contribution in [1.82, 2.24) is 4.72 Å². The lowest BCUT2D eigenvalue weighted by molar-refractivity contribution is 0.0627. The molecular weight excluding hydrogens is 314 g/mol. The lowest BCUT2D eigenvalue weighted by Gasteiger charge is -2.24. The largest absolute Gasteiger partial charge is 0.496 e. The summed E-state index contributed by atoms with van der Waals surface area (Å²) in [7, 11) is -2.18. The quantitative estimate of drug-likeness (QED) is 0.848. The summed E-state index contributed by atoms with van der Waals surface area (Å²) in [5.74, 6) is 0.625. The number of hydrogen-bond acceptors (Lipinski definition) is 4. The number of ether oxygens (including phenoxy) is 1. The number of sulfonamides is 1. The molecule has 0 saturated carbocycles. The molecule has 5 nitrogen and oxygen atoms in total. The third-order valence-electron chi connectivity index (χ3n) is 3.68. The Hall–Kier alpha value is -1.89. The number of benzene rings is 2. The maximum Gasteiger partial charge on any atom is 0.240 e. The Morgan fingerprint density at radius 2 is 1.83 bits per heavy atom. The first-order chi connectivity index (χ1) is 10.8. The minimum atomic E-state index is -3.71. The highest BCUT2D eigenvalue weighted by Gasteiger charge is 2.26. The van der Waals surface area contributed by atoms with E-state index in [1.807, 2.05) is 6.07 Å². The van der Waals surface area contributed by atoms with Crippen LogP contribution < -0.4 is 9.46 Å². The molecule has 0 saturated heterocycles. The van der Waals surface area contributed by atoms with E-state index in [-0.39, 0.29) is 11.4 Å². The predicted molar refractivity (Wildman–Crippen MR) is 88.9 cm³/mol. The average molecular weight is 335 g/mol. The Bertz CT molecular complexity index is 770. The highest BCUT2D eigenvalue weighted by Crippen LogP contribution is 2.23. The van der Waals surface area contributed by atoms with E-state index in [2.05, 4.69) is 4.72 Å². The molecule has 1 atom stereocenters. The zero-order chi connectivity index (χ0) is 17.1. The van der Waals surface area contributed by atoms with Gasteiger partial charge in [-0.2, -0.15) is 0 Å². The molecule has 0 aliphatic carbocycles. The molecule has 0 aliphatic heterocycles. The van der Waals surface area contributed by atoms with Crippen molar-refractivity contribution >= 4 is 10.0 Å². The van der Waals surface area contributed by atoms with E-state index in [0.717, 1.165) is 5.56 Å². The Kier molecular flexibility index (Phi) is 5.09. The van der Waals surface area contributed by atoms with Crippen molar-refractivity contribution in [3.05, 3.63) is 59.7 Å². The fourth-order valence-electron chi connectivity index (χ4n) is 2.24. The number of methoxy groups -OCH3 is 1. The van der Waals surface area contributed by atoms with Gasteiger partial charge < -0.3 is 9.84 Å². The molecule has 0 radical (unpaired) electrons. The van der Waals surface area contributed by atoms with Gasteiger partial charge in [-0.15, -0.1) is 0 Å². The molecule has 124 valence electrons. The van der Waals surface area contributed by atoms with Crippen LogP contribution in [0, 0.1) is 6.92 Å². The van der Waals surface area contributed by atoms with E-state index in [1.165, 1.54) is 13.2 Å². The normalized spacial score (nSPS) is 14.3. The van der Waals surface area contributed by atoms with Crippen molar-refractivity contribution in [2.24, 2.45) is 0 Å². The number of aliphatic hydroxyl groups is 1. The van der Waals surface area contributed by atoms with E-state index < -0.39 is 15.6 Å². The molecule has 0 bridgehead atoms. The fourth-order valence-corrected chi connectivity index (χ4v) is 3.45. The summed E-state index contributed by atoms with van der Waals surface area (Å²) in [4.78, 5) is 0.139. The van der Waals surface area contributed by atoms with Crippen molar-refractivity contribution in [2.75, 3.05) is 13.7 Å². The maximum absolute atomic E-state index is 12.4. The lowest BCUT2D eigenvalue weighted by Crippen LogP contribution is -2.38. The van der Waals surface area contributed by atoms with Gasteiger partial charge in [0.1, 0.15) is 11.4 Å². The van der Waals surface area contributed by atoms with Crippen molar-refractivity contribution in [1.29, 1.82) is 0 Å². The van der Waals surface area contributed by atoms with Crippen LogP contribution in [0.15, 0.2) is 53.4 Å². The van der Waals surface area contributed by atoms with Gasteiger partial charge in [-0.25, -0.2) is 13.1 Å². The van der Waals surface area contributed by atoms with E-state index >= 15 is 0 Å². The summed E-state index contributed by atoms with van der Waals surface area (Å²) < 4.78 is 32.4. The molecular formula is C17H21NO4S. The van der Waals surface area contributed by atoms with E-state index in [9.17, 15) is 13.5 Å². The molecule has 2 rings (SSSR count). The van der Waals surface area contributed by atoms with Crippen LogP contribution in [0.2, 0.25) is 0 Å². The summed E-state index contributed by atoms with van der Waals surface area (Å²) >= 11 is 0. The highest BCUT2D eigenvalue weighted by atomic mass is 32.2. The third-order valence-corrected chi connectivity index (χ3v) is 5.08. The molecule has 0 fully saturated rings. The van der Waals surface area contributed by atoms with Crippen LogP contribution in [-0.4, -0.2) is 27.2 Å². The number of aryl methyl sites for hydroxylation is 1. The van der Waals surface area contributed by atoms with Crippen LogP contribution in [0.25, 0.3) is 0 Å². The minimum absolute atomic E-state index is 0.121. The van der Waals surface area contributed by atoms with Crippen LogP contribution >= 0.6 is 0 Å². The summed E-state index contributed by atoms with van der Waals surface area (Å²) in [5, 5.41) is 10.5. The molecule has 2 aromatic carbocycles. The Morgan fingerprint density at radius 1 is 1.17 bits per heavy atom. The van der Waals surface area contributed by atoms with Gasteiger partial charge in [-0.1, -0.05) is 30.3 Å². The summed E-state index contributed by atoms with van der Waals surface area (Å²) in [6.45, 7) is 3.23. The minimum Gasteiger partial charge on any atom is -0.496 e. The highest BCUT2D eigenvalue weighted by molar-refractivity contribution is 7.89. The summed E-state index contributed by atoms with van der Waals surface area (Å²) in [6.07, 6.45) is 0. The van der Waals surface area contributed by atoms with Gasteiger partial charge in [-0.05, 0) is 43.2 Å². The van der Waals surface area contributed by atoms with Crippen LogP contribution in [0.4, 0.5) is 0 Å². The Labute approximate surface area is 137 Å². The van der Waals surface area contributed by atoms with E-state index in [4.69, 9.17) is 4.74 Å². The molecule has 23 heavy (non-hydrogen) atoms. The first-order valence-corrected chi connectivity index (χ1v) is 8.67. The molecule has 0 heterocycles. The molecule has 0 aliphatic rings. The molecule has 2 aromatic rings. The molecule has 0 aromatic heterocycles. The van der Waals surface area contributed by atoms with Gasteiger partial charge in [0.05, 0.1) is 12.0 Å². The lowest BCUT2D eigenvalue weighted by atomic mass is 9.97. The van der Waals surface area contributed by atoms with Crippen LogP contribution in [0.3, 0.4) is 0 Å². The fraction of sp³-hybridized carbons (Fsp3) is 0.294. The Morgan fingerprint density at radius 3 is 2.39 bits per heavy atom. The SMILES string of the molecule is COc1ccc(S(=O)(=O)NC[C@@](C)(O)c2ccccc2)cc1C. The van der Waals surface area contributed by atoms with E-state index in [1.54, 1.807) is 50.2 Å². The molecule has 6 heteroatoms. The standard InChI is InChI=1S/C17H21NO4S/c1-13-11-15(9-10-16(13)22-3)23(20,21)18-12-17(2,19)14-7-5-4-6-8-14/h4-11,18-19H,12H2,1-3H3/t17-/m1/s1. The second-order valence-electron chi connectivity index (χ2n) is 5.60. The number of nitrogens with one attached hydrogen (secondary N) is 1. The monoisotopic (exact) mass is 335 g/mol. The van der Waals surface area contributed by atoms with Gasteiger partial charge >= 0.3 is 0 Å². The Balaban J connectivity index is 2.17. The maximum atomic E-state index is 12.4. The van der Waals surface area contributed by atoms with Gasteiger partial charge in [0, 0.05) is 6.54 Å². The topological polar surface area (TPSA) is 75.6 Å². The van der Waals surface area contributed by atoms with Crippen LogP contribution in [0.5, 0.6) is 5.75 Å². The molecule has 0 unspecified atom stereocenters. The van der Waals surface area contributed by atoms with Crippen molar-refractivity contribution in [3.63, 3.8) is 0 Å². The average Bonchev–Trinajstić information content (AvgIpc) is 2.54. The first kappa shape index (κ1) is 17.5. The zero-order valence-electron chi connectivity index (χ0n) is 13.4. The van der Waals surface area contributed by atoms with Gasteiger partial charge in [0.15, 0.2) is 0 Å². The van der Waals surface area contributed by atoms with Gasteiger partial charge in [0.25, 0.3) is 0 Å². The second-order valence-corrected chi connectivity index (χ2v) is 7.36. The smallest absolute Gasteiger partial charge is 0.240 e. The van der Waals surface area contributed by atoms with Gasteiger partial charge in [-0.3, -0.25) is 0 Å². The molecule has 2 N–H and O–H groups in total. The predicted octanol–water partition coefficient (Wildman–Crippen LogP) is 2.19. The number of rotatable bonds is 6. The third kappa shape index (κ3) is 4.10. The molecule has 0 amide bonds. The zero-order valence-corrected chi connectivity index (χ0v) is 14.2. The van der Waals surface area contributed by atoms with Crippen molar-refractivity contribution in [3.8, 4) is 5.75 Å². The first-order valence-electron chi connectivity index (χ1n) is 7.18. The summed E-state index contributed by atoms with van der Waals surface area (Å²) in [6, 6.07) is 13.6. The van der Waals surface area contributed by atoms with Crippen LogP contribution in [-0.2, 0) is 15.6 Å². The van der Waals surface area contributed by atoms with Gasteiger partial charge in [0.2, 0.25) is 10.0 Å². The number of hydrogen-bond donors (Lipinski definition) is 2. The summed E-state index contributed by atoms with van der Waals surface area (Å²) in [5.41, 5.74) is 0.0781. The van der Waals surface area contributed by atoms with E-state index in [0.29, 0.717) is 11.3 Å².